The number of nitrogens with zero attached hydrogens (tertiary/aromatic N) is 2. The third kappa shape index (κ3) is 4.13. The van der Waals surface area contributed by atoms with E-state index >= 15 is 0 Å². The fourth-order valence-electron chi connectivity index (χ4n) is 4.31. The van der Waals surface area contributed by atoms with Crippen molar-refractivity contribution in [3.05, 3.63) is 59.1 Å². The molecule has 2 aliphatic rings. The van der Waals surface area contributed by atoms with Crippen molar-refractivity contribution in [1.29, 1.82) is 0 Å². The maximum atomic E-state index is 13.0. The van der Waals surface area contributed by atoms with E-state index in [0.717, 1.165) is 11.3 Å². The zero-order valence-corrected chi connectivity index (χ0v) is 17.7. The van der Waals surface area contributed by atoms with Gasteiger partial charge in [0.05, 0.1) is 31.2 Å². The molecular weight excluding hydrogens is 412 g/mol. The Hall–Kier alpha value is -2.09. The number of rotatable bonds is 5. The molecule has 2 heterocycles. The molecule has 0 spiro atoms. The molecule has 0 aliphatic carbocycles. The lowest BCUT2D eigenvalue weighted by atomic mass is 10.0. The van der Waals surface area contributed by atoms with Crippen LogP contribution in [0.3, 0.4) is 0 Å². The zero-order valence-electron chi connectivity index (χ0n) is 16.1. The first-order valence-electron chi connectivity index (χ1n) is 9.52. The Morgan fingerprint density at radius 2 is 1.76 bits per heavy atom. The van der Waals surface area contributed by atoms with Crippen LogP contribution in [0.2, 0.25) is 5.02 Å². The van der Waals surface area contributed by atoms with Gasteiger partial charge in [0.1, 0.15) is 5.75 Å². The molecule has 0 bridgehead atoms. The molecular formula is C21H23ClN2O4S. The predicted molar refractivity (Wildman–Crippen MR) is 113 cm³/mol. The number of hydrogen-bond donors (Lipinski definition) is 0. The third-order valence-electron chi connectivity index (χ3n) is 5.67. The second kappa shape index (κ2) is 7.97. The van der Waals surface area contributed by atoms with Crippen LogP contribution in [-0.2, 0) is 21.1 Å². The maximum absolute atomic E-state index is 13.0. The van der Waals surface area contributed by atoms with Crippen molar-refractivity contribution < 1.29 is 17.9 Å². The molecule has 1 amide bonds. The van der Waals surface area contributed by atoms with Gasteiger partial charge in [-0.1, -0.05) is 29.8 Å². The van der Waals surface area contributed by atoms with Crippen molar-refractivity contribution in [2.45, 2.75) is 18.5 Å². The lowest BCUT2D eigenvalue weighted by Gasteiger charge is -2.43. The van der Waals surface area contributed by atoms with Crippen LogP contribution in [0, 0.1) is 0 Å². The van der Waals surface area contributed by atoms with Crippen molar-refractivity contribution in [3.8, 4) is 5.75 Å². The number of benzene rings is 2. The number of ether oxygens (including phenoxy) is 1. The summed E-state index contributed by atoms with van der Waals surface area (Å²) in [7, 11) is -1.58. The summed E-state index contributed by atoms with van der Waals surface area (Å²) in [5, 5.41) is 0.576. The predicted octanol–water partition coefficient (Wildman–Crippen LogP) is 2.41. The topological polar surface area (TPSA) is 66.9 Å². The summed E-state index contributed by atoms with van der Waals surface area (Å²) in [6, 6.07) is 14.1. The van der Waals surface area contributed by atoms with E-state index in [1.54, 1.807) is 36.3 Å². The Morgan fingerprint density at radius 3 is 2.48 bits per heavy atom. The van der Waals surface area contributed by atoms with Crippen LogP contribution in [0.1, 0.15) is 5.56 Å². The van der Waals surface area contributed by atoms with Crippen LogP contribution in [0.15, 0.2) is 48.5 Å². The maximum Gasteiger partial charge on any atom is 0.241 e. The molecule has 0 unspecified atom stereocenters. The summed E-state index contributed by atoms with van der Waals surface area (Å²) in [6.45, 7) is 0.783. The summed E-state index contributed by atoms with van der Waals surface area (Å²) >= 11 is 5.97. The summed E-state index contributed by atoms with van der Waals surface area (Å²) < 4.78 is 30.3. The number of methoxy groups -OCH3 is 1. The van der Waals surface area contributed by atoms with Gasteiger partial charge < -0.3 is 9.64 Å². The molecule has 0 saturated carbocycles. The molecule has 0 N–H and O–H groups in total. The molecule has 8 heteroatoms. The van der Waals surface area contributed by atoms with E-state index in [2.05, 4.69) is 0 Å². The van der Waals surface area contributed by atoms with E-state index in [0.29, 0.717) is 23.7 Å². The Kier molecular flexibility index (Phi) is 5.55. The van der Waals surface area contributed by atoms with E-state index in [4.69, 9.17) is 16.3 Å². The van der Waals surface area contributed by atoms with Gasteiger partial charge in [0, 0.05) is 23.3 Å². The van der Waals surface area contributed by atoms with E-state index < -0.39 is 9.84 Å². The zero-order chi connectivity index (χ0) is 20.6. The van der Waals surface area contributed by atoms with E-state index in [1.165, 1.54) is 0 Å². The average molecular weight is 435 g/mol. The monoisotopic (exact) mass is 434 g/mol. The molecule has 4 rings (SSSR count). The minimum absolute atomic E-state index is 0.0167. The van der Waals surface area contributed by atoms with E-state index in [9.17, 15) is 13.2 Å². The van der Waals surface area contributed by atoms with E-state index in [-0.39, 0.29) is 36.0 Å². The van der Waals surface area contributed by atoms with Crippen LogP contribution < -0.4 is 9.64 Å². The van der Waals surface area contributed by atoms with Gasteiger partial charge in [-0.05, 0) is 42.3 Å². The second-order valence-electron chi connectivity index (χ2n) is 7.48. The highest BCUT2D eigenvalue weighted by molar-refractivity contribution is 7.91. The summed E-state index contributed by atoms with van der Waals surface area (Å²) in [4.78, 5) is 16.7. The first-order chi connectivity index (χ1) is 13.9. The van der Waals surface area contributed by atoms with Crippen molar-refractivity contribution in [2.24, 2.45) is 0 Å². The number of hydrogen-bond acceptors (Lipinski definition) is 5. The standard InChI is InChI=1S/C21H23ClN2O4S/c1-28-20-5-3-2-4-15(20)10-11-23-12-21(25)24(17-8-6-16(22)7-9-17)19-14-29(26,27)13-18(19)23/h2-9,18-19H,10-14H2,1H3/t18-,19-/m0/s1. The largest absolute Gasteiger partial charge is 0.496 e. The second-order valence-corrected chi connectivity index (χ2v) is 10.1. The van der Waals surface area contributed by atoms with Crippen LogP contribution in [0.4, 0.5) is 5.69 Å². The quantitative estimate of drug-likeness (QED) is 0.723. The van der Waals surface area contributed by atoms with Gasteiger partial charge in [-0.15, -0.1) is 0 Å². The van der Waals surface area contributed by atoms with Crippen LogP contribution in [0.25, 0.3) is 0 Å². The smallest absolute Gasteiger partial charge is 0.241 e. The fourth-order valence-corrected chi connectivity index (χ4v) is 6.42. The van der Waals surface area contributed by atoms with Crippen LogP contribution in [-0.4, -0.2) is 63.0 Å². The van der Waals surface area contributed by atoms with Crippen molar-refractivity contribution in [2.75, 3.05) is 36.6 Å². The van der Waals surface area contributed by atoms with Gasteiger partial charge in [0.2, 0.25) is 5.91 Å². The van der Waals surface area contributed by atoms with Gasteiger partial charge in [-0.3, -0.25) is 9.69 Å². The third-order valence-corrected chi connectivity index (χ3v) is 7.62. The van der Waals surface area contributed by atoms with E-state index in [1.807, 2.05) is 29.2 Å². The highest BCUT2D eigenvalue weighted by Crippen LogP contribution is 2.32. The minimum Gasteiger partial charge on any atom is -0.496 e. The lowest BCUT2D eigenvalue weighted by molar-refractivity contribution is -0.123. The number of sulfone groups is 1. The number of amides is 1. The SMILES string of the molecule is COc1ccccc1CCN1CC(=O)N(c2ccc(Cl)cc2)[C@H]2CS(=O)(=O)C[C@@H]21. The Bertz CT molecular complexity index is 1010. The van der Waals surface area contributed by atoms with Gasteiger partial charge >= 0.3 is 0 Å². The number of carbonyl (C=O) groups is 1. The summed E-state index contributed by atoms with van der Waals surface area (Å²) in [5.41, 5.74) is 1.73. The number of para-hydroxylation sites is 1. The highest BCUT2D eigenvalue weighted by atomic mass is 35.5. The van der Waals surface area contributed by atoms with Gasteiger partial charge in [-0.2, -0.15) is 0 Å². The van der Waals surface area contributed by atoms with Crippen molar-refractivity contribution >= 4 is 33.0 Å². The molecule has 0 aromatic heterocycles. The van der Waals surface area contributed by atoms with Gasteiger partial charge in [0.25, 0.3) is 0 Å². The molecule has 2 aliphatic heterocycles. The number of halogens is 1. The molecule has 154 valence electrons. The summed E-state index contributed by atoms with van der Waals surface area (Å²) in [5.74, 6) is 0.762. The molecule has 2 atom stereocenters. The normalized spacial score (nSPS) is 23.8. The fraction of sp³-hybridized carbons (Fsp3) is 0.381. The summed E-state index contributed by atoms with van der Waals surface area (Å²) in [6.07, 6.45) is 0.682. The highest BCUT2D eigenvalue weighted by Gasteiger charge is 2.49. The van der Waals surface area contributed by atoms with Crippen molar-refractivity contribution in [3.63, 3.8) is 0 Å². The number of carbonyl (C=O) groups excluding carboxylic acids is 1. The minimum atomic E-state index is -3.22. The molecule has 29 heavy (non-hydrogen) atoms. The molecule has 2 fully saturated rings. The molecule has 2 aromatic carbocycles. The molecule has 2 saturated heterocycles. The average Bonchev–Trinajstić information content (AvgIpc) is 3.02. The van der Waals surface area contributed by atoms with Crippen LogP contribution >= 0.6 is 11.6 Å². The van der Waals surface area contributed by atoms with Crippen molar-refractivity contribution in [1.82, 2.24) is 4.90 Å². The Labute approximate surface area is 175 Å². The first kappa shape index (κ1) is 20.2. The lowest BCUT2D eigenvalue weighted by Crippen LogP contribution is -2.62. The first-order valence-corrected chi connectivity index (χ1v) is 11.7. The van der Waals surface area contributed by atoms with Gasteiger partial charge in [0.15, 0.2) is 9.84 Å². The van der Waals surface area contributed by atoms with Gasteiger partial charge in [-0.25, -0.2) is 8.42 Å². The number of piperazine rings is 1. The number of fused-ring (bicyclic) bond motifs is 1. The Balaban J connectivity index is 1.58. The Morgan fingerprint density at radius 1 is 1.07 bits per heavy atom. The number of anilines is 1. The molecule has 0 radical (unpaired) electrons. The molecule has 6 nitrogen and oxygen atoms in total. The molecule has 2 aromatic rings. The van der Waals surface area contributed by atoms with Crippen LogP contribution in [0.5, 0.6) is 5.75 Å².